The molecule has 2 aliphatic carbocycles. The molecule has 6 heteroatoms. The third-order valence-corrected chi connectivity index (χ3v) is 6.76. The molecule has 0 aromatic heterocycles. The monoisotopic (exact) mass is 400 g/mol. The number of hydrogen-bond donors (Lipinski definition) is 1. The van der Waals surface area contributed by atoms with Crippen LogP contribution in [-0.2, 0) is 19.7 Å². The highest BCUT2D eigenvalue weighted by Gasteiger charge is 2.54. The van der Waals surface area contributed by atoms with Crippen molar-refractivity contribution in [3.05, 3.63) is 29.8 Å². The Kier molecular flexibility index (Phi) is 6.09. The lowest BCUT2D eigenvalue weighted by Crippen LogP contribution is -2.53. The van der Waals surface area contributed by atoms with Crippen molar-refractivity contribution in [2.75, 3.05) is 33.4 Å². The topological polar surface area (TPSA) is 67.9 Å². The van der Waals surface area contributed by atoms with E-state index in [0.717, 1.165) is 56.3 Å². The van der Waals surface area contributed by atoms with Crippen molar-refractivity contribution >= 4 is 11.8 Å². The Balaban J connectivity index is 1.61. The van der Waals surface area contributed by atoms with Crippen molar-refractivity contribution in [1.29, 1.82) is 0 Å². The number of carbonyl (C=O) groups is 2. The van der Waals surface area contributed by atoms with Crippen LogP contribution in [0.1, 0.15) is 50.5 Å². The van der Waals surface area contributed by atoms with Gasteiger partial charge >= 0.3 is 0 Å². The predicted octanol–water partition coefficient (Wildman–Crippen LogP) is 2.65. The van der Waals surface area contributed by atoms with E-state index in [0.29, 0.717) is 26.3 Å². The summed E-state index contributed by atoms with van der Waals surface area (Å²) in [5.74, 6) is 0.949. The molecule has 2 amide bonds. The summed E-state index contributed by atoms with van der Waals surface area (Å²) in [5, 5.41) is 3.02. The maximum Gasteiger partial charge on any atom is 0.233 e. The van der Waals surface area contributed by atoms with Crippen LogP contribution in [0.15, 0.2) is 24.3 Å². The number of benzene rings is 1. The fourth-order valence-corrected chi connectivity index (χ4v) is 4.96. The van der Waals surface area contributed by atoms with E-state index >= 15 is 0 Å². The molecular formula is C23H32N2O4. The van der Waals surface area contributed by atoms with Crippen LogP contribution >= 0.6 is 0 Å². The quantitative estimate of drug-likeness (QED) is 0.847. The van der Waals surface area contributed by atoms with Gasteiger partial charge in [-0.25, -0.2) is 0 Å². The molecule has 1 aromatic carbocycles. The summed E-state index contributed by atoms with van der Waals surface area (Å²) in [7, 11) is 1.65. The van der Waals surface area contributed by atoms with Crippen LogP contribution in [0.4, 0.5) is 0 Å². The third kappa shape index (κ3) is 4.13. The molecule has 3 aliphatic rings. The van der Waals surface area contributed by atoms with E-state index in [2.05, 4.69) is 5.32 Å². The first-order chi connectivity index (χ1) is 14.2. The Morgan fingerprint density at radius 1 is 1.14 bits per heavy atom. The van der Waals surface area contributed by atoms with E-state index in [9.17, 15) is 9.59 Å². The zero-order chi connectivity index (χ0) is 20.3. The number of rotatable bonds is 3. The summed E-state index contributed by atoms with van der Waals surface area (Å²) in [6.07, 6.45) is 6.44. The van der Waals surface area contributed by atoms with Crippen molar-refractivity contribution in [1.82, 2.24) is 10.2 Å². The Morgan fingerprint density at radius 2 is 1.90 bits per heavy atom. The zero-order valence-corrected chi connectivity index (χ0v) is 17.3. The Hall–Kier alpha value is -2.08. The number of carbonyl (C=O) groups excluding carboxylic acids is 2. The van der Waals surface area contributed by atoms with Gasteiger partial charge in [-0.15, -0.1) is 0 Å². The summed E-state index contributed by atoms with van der Waals surface area (Å²) in [6.45, 7) is 2.36. The Morgan fingerprint density at radius 3 is 2.62 bits per heavy atom. The lowest BCUT2D eigenvalue weighted by atomic mass is 9.81. The van der Waals surface area contributed by atoms with Crippen LogP contribution in [-0.4, -0.2) is 56.2 Å². The molecule has 3 fully saturated rings. The second-order valence-corrected chi connectivity index (χ2v) is 8.52. The fourth-order valence-electron chi connectivity index (χ4n) is 4.96. The molecule has 2 saturated carbocycles. The van der Waals surface area contributed by atoms with Gasteiger partial charge in [-0.05, 0) is 49.8 Å². The number of amides is 2. The lowest BCUT2D eigenvalue weighted by molar-refractivity contribution is -0.141. The van der Waals surface area contributed by atoms with E-state index < -0.39 is 5.41 Å². The molecule has 1 aliphatic heterocycles. The molecule has 0 spiro atoms. The SMILES string of the molecule is COc1ccc(C2(C(=O)N3CCCOCCNC(=O)[C@@H]4CCCC[C@@H]43)CC2)cc1. The average molecular weight is 401 g/mol. The molecule has 158 valence electrons. The largest absolute Gasteiger partial charge is 0.497 e. The Bertz CT molecular complexity index is 729. The normalized spacial score (nSPS) is 27.2. The van der Waals surface area contributed by atoms with Crippen molar-refractivity contribution < 1.29 is 19.1 Å². The van der Waals surface area contributed by atoms with Gasteiger partial charge in [0, 0.05) is 25.7 Å². The standard InChI is InChI=1S/C23H32N2O4/c1-28-18-9-7-17(8-10-18)23(11-12-23)22(27)25-14-4-15-29-16-13-24-21(26)19-5-2-3-6-20(19)25/h7-10,19-20H,2-6,11-16H2,1H3,(H,24,26)/t19-,20+/m1/s1. The van der Waals surface area contributed by atoms with Gasteiger partial charge in [0.1, 0.15) is 5.75 Å². The average Bonchev–Trinajstić information content (AvgIpc) is 3.57. The molecule has 4 rings (SSSR count). The second-order valence-electron chi connectivity index (χ2n) is 8.52. The molecule has 1 N–H and O–H groups in total. The summed E-state index contributed by atoms with van der Waals surface area (Å²) in [6, 6.07) is 7.89. The Labute approximate surface area is 172 Å². The van der Waals surface area contributed by atoms with Crippen molar-refractivity contribution in [3.8, 4) is 5.75 Å². The van der Waals surface area contributed by atoms with Gasteiger partial charge in [0.15, 0.2) is 0 Å². The second kappa shape index (κ2) is 8.74. The van der Waals surface area contributed by atoms with E-state index in [4.69, 9.17) is 9.47 Å². The maximum absolute atomic E-state index is 13.9. The minimum atomic E-state index is -0.439. The number of nitrogens with zero attached hydrogens (tertiary/aromatic N) is 1. The van der Waals surface area contributed by atoms with Crippen LogP contribution in [0.2, 0.25) is 0 Å². The summed E-state index contributed by atoms with van der Waals surface area (Å²) in [4.78, 5) is 28.7. The highest BCUT2D eigenvalue weighted by molar-refractivity contribution is 5.92. The molecule has 2 atom stereocenters. The molecule has 1 aromatic rings. The van der Waals surface area contributed by atoms with E-state index in [1.165, 1.54) is 0 Å². The fraction of sp³-hybridized carbons (Fsp3) is 0.652. The summed E-state index contributed by atoms with van der Waals surface area (Å²) < 4.78 is 10.9. The molecular weight excluding hydrogens is 368 g/mol. The van der Waals surface area contributed by atoms with Gasteiger partial charge in [-0.2, -0.15) is 0 Å². The minimum absolute atomic E-state index is 0.00919. The van der Waals surface area contributed by atoms with Crippen molar-refractivity contribution in [3.63, 3.8) is 0 Å². The molecule has 1 saturated heterocycles. The van der Waals surface area contributed by atoms with Crippen LogP contribution in [0.5, 0.6) is 5.75 Å². The molecule has 1 heterocycles. The number of ether oxygens (including phenoxy) is 2. The number of hydrogen-bond acceptors (Lipinski definition) is 4. The van der Waals surface area contributed by atoms with Crippen LogP contribution in [0, 0.1) is 5.92 Å². The van der Waals surface area contributed by atoms with Crippen LogP contribution in [0.3, 0.4) is 0 Å². The molecule has 0 unspecified atom stereocenters. The molecule has 0 bridgehead atoms. The van der Waals surface area contributed by atoms with Crippen LogP contribution < -0.4 is 10.1 Å². The van der Waals surface area contributed by atoms with E-state index in [-0.39, 0.29) is 23.8 Å². The zero-order valence-electron chi connectivity index (χ0n) is 17.3. The minimum Gasteiger partial charge on any atom is -0.497 e. The van der Waals surface area contributed by atoms with Gasteiger partial charge in [0.05, 0.1) is 25.0 Å². The summed E-state index contributed by atoms with van der Waals surface area (Å²) >= 11 is 0. The first-order valence-electron chi connectivity index (χ1n) is 11.0. The molecule has 0 radical (unpaired) electrons. The van der Waals surface area contributed by atoms with Crippen LogP contribution in [0.25, 0.3) is 0 Å². The van der Waals surface area contributed by atoms with Gasteiger partial charge in [-0.1, -0.05) is 25.0 Å². The maximum atomic E-state index is 13.9. The van der Waals surface area contributed by atoms with Gasteiger partial charge in [0.2, 0.25) is 11.8 Å². The molecule has 6 nitrogen and oxygen atoms in total. The van der Waals surface area contributed by atoms with Gasteiger partial charge in [-0.3, -0.25) is 9.59 Å². The number of methoxy groups -OCH3 is 1. The van der Waals surface area contributed by atoms with Crippen molar-refractivity contribution in [2.45, 2.75) is 56.4 Å². The number of nitrogens with one attached hydrogen (secondary N) is 1. The van der Waals surface area contributed by atoms with Gasteiger partial charge in [0.25, 0.3) is 0 Å². The number of fused-ring (bicyclic) bond motifs is 1. The highest BCUT2D eigenvalue weighted by atomic mass is 16.5. The highest BCUT2D eigenvalue weighted by Crippen LogP contribution is 2.50. The predicted molar refractivity (Wildman–Crippen MR) is 110 cm³/mol. The summed E-state index contributed by atoms with van der Waals surface area (Å²) in [5.41, 5.74) is 0.622. The lowest BCUT2D eigenvalue weighted by Gasteiger charge is -2.41. The van der Waals surface area contributed by atoms with Crippen molar-refractivity contribution in [2.24, 2.45) is 5.92 Å². The third-order valence-electron chi connectivity index (χ3n) is 6.76. The van der Waals surface area contributed by atoms with E-state index in [1.807, 2.05) is 29.2 Å². The first kappa shape index (κ1) is 20.2. The smallest absolute Gasteiger partial charge is 0.233 e. The van der Waals surface area contributed by atoms with Gasteiger partial charge < -0.3 is 19.7 Å². The van der Waals surface area contributed by atoms with E-state index in [1.54, 1.807) is 7.11 Å². The first-order valence-corrected chi connectivity index (χ1v) is 11.0. The molecule has 29 heavy (non-hydrogen) atoms.